The van der Waals surface area contributed by atoms with Crippen molar-refractivity contribution in [1.29, 1.82) is 0 Å². The van der Waals surface area contributed by atoms with Crippen LogP contribution in [0.25, 0.3) is 0 Å². The van der Waals surface area contributed by atoms with Gasteiger partial charge in [-0.05, 0) is 49.2 Å². The van der Waals surface area contributed by atoms with Crippen molar-refractivity contribution in [2.45, 2.75) is 39.5 Å². The third kappa shape index (κ3) is 5.02. The molecule has 6 nitrogen and oxygen atoms in total. The molecule has 4 rings (SSSR count). The maximum absolute atomic E-state index is 12.2. The number of hydrogen-bond acceptors (Lipinski definition) is 5. The van der Waals surface area contributed by atoms with Crippen LogP contribution in [0, 0.1) is 0 Å². The van der Waals surface area contributed by atoms with E-state index in [9.17, 15) is 4.79 Å². The smallest absolute Gasteiger partial charge is 0.287 e. The van der Waals surface area contributed by atoms with E-state index in [0.29, 0.717) is 18.8 Å². The lowest BCUT2D eigenvalue weighted by Crippen LogP contribution is -2.29. The summed E-state index contributed by atoms with van der Waals surface area (Å²) in [7, 11) is 0. The summed E-state index contributed by atoms with van der Waals surface area (Å²) in [4.78, 5) is 14.5. The summed E-state index contributed by atoms with van der Waals surface area (Å²) in [6.45, 7) is 6.16. The number of nitrogens with zero attached hydrogens (tertiary/aromatic N) is 1. The first-order valence-electron chi connectivity index (χ1n) is 10.1. The monoisotopic (exact) mass is 406 g/mol. The van der Waals surface area contributed by atoms with Gasteiger partial charge in [0.05, 0.1) is 6.54 Å². The minimum atomic E-state index is -0.193. The highest BCUT2D eigenvalue weighted by molar-refractivity contribution is 5.91. The number of carbonyl (C=O) groups excluding carboxylic acids is 1. The maximum Gasteiger partial charge on any atom is 0.287 e. The lowest BCUT2D eigenvalue weighted by atomic mass is 10.1. The van der Waals surface area contributed by atoms with Crippen LogP contribution in [-0.2, 0) is 19.6 Å². The van der Waals surface area contributed by atoms with Crippen molar-refractivity contribution in [2.75, 3.05) is 6.79 Å². The lowest BCUT2D eigenvalue weighted by Gasteiger charge is -2.22. The predicted octanol–water partition coefficient (Wildman–Crippen LogP) is 4.35. The van der Waals surface area contributed by atoms with Crippen LogP contribution in [0.4, 0.5) is 0 Å². The van der Waals surface area contributed by atoms with Crippen molar-refractivity contribution in [3.8, 4) is 11.5 Å². The standard InChI is InChI=1S/C24H26N2O4/c1-17(2)25-24(27)22-11-9-20(30-22)15-26(13-18-6-4-3-5-7-18)14-19-8-10-21-23(12-19)29-16-28-21/h3-12,17H,13-16H2,1-2H3,(H,25,27). The van der Waals surface area contributed by atoms with Crippen LogP contribution in [0.1, 0.15) is 41.3 Å². The largest absolute Gasteiger partial charge is 0.455 e. The number of furan rings is 1. The van der Waals surface area contributed by atoms with Crippen molar-refractivity contribution in [1.82, 2.24) is 10.2 Å². The minimum absolute atomic E-state index is 0.0617. The van der Waals surface area contributed by atoms with Crippen LogP contribution in [0.3, 0.4) is 0 Å². The Morgan fingerprint density at radius 1 is 0.933 bits per heavy atom. The van der Waals surface area contributed by atoms with Gasteiger partial charge in [0.2, 0.25) is 6.79 Å². The molecule has 0 aliphatic carbocycles. The molecule has 2 aromatic carbocycles. The molecule has 0 bridgehead atoms. The molecule has 30 heavy (non-hydrogen) atoms. The molecule has 1 aliphatic heterocycles. The Kier molecular flexibility index (Phi) is 6.05. The van der Waals surface area contributed by atoms with E-state index in [1.54, 1.807) is 6.07 Å². The average molecular weight is 406 g/mol. The first-order chi connectivity index (χ1) is 14.6. The van der Waals surface area contributed by atoms with Crippen molar-refractivity contribution in [2.24, 2.45) is 0 Å². The molecule has 1 amide bonds. The van der Waals surface area contributed by atoms with Crippen LogP contribution >= 0.6 is 0 Å². The number of nitrogens with one attached hydrogen (secondary N) is 1. The fraction of sp³-hybridized carbons (Fsp3) is 0.292. The number of amides is 1. The van der Waals surface area contributed by atoms with Gasteiger partial charge in [-0.3, -0.25) is 9.69 Å². The zero-order valence-corrected chi connectivity index (χ0v) is 17.3. The normalized spacial score (nSPS) is 12.5. The highest BCUT2D eigenvalue weighted by Gasteiger charge is 2.17. The Bertz CT molecular complexity index is 997. The van der Waals surface area contributed by atoms with Crippen LogP contribution in [0.2, 0.25) is 0 Å². The van der Waals surface area contributed by atoms with E-state index in [1.165, 1.54) is 5.56 Å². The Balaban J connectivity index is 1.50. The van der Waals surface area contributed by atoms with E-state index in [2.05, 4.69) is 28.4 Å². The summed E-state index contributed by atoms with van der Waals surface area (Å²) in [5.41, 5.74) is 2.34. The second-order valence-electron chi connectivity index (χ2n) is 7.71. The van der Waals surface area contributed by atoms with E-state index in [1.807, 2.05) is 50.2 Å². The first kappa shape index (κ1) is 20.0. The van der Waals surface area contributed by atoms with Crippen LogP contribution < -0.4 is 14.8 Å². The van der Waals surface area contributed by atoms with Gasteiger partial charge in [-0.25, -0.2) is 0 Å². The molecule has 0 saturated heterocycles. The van der Waals surface area contributed by atoms with Crippen molar-refractivity contribution >= 4 is 5.91 Å². The lowest BCUT2D eigenvalue weighted by molar-refractivity contribution is 0.0910. The van der Waals surface area contributed by atoms with Crippen molar-refractivity contribution in [3.63, 3.8) is 0 Å². The molecule has 2 heterocycles. The van der Waals surface area contributed by atoms with E-state index in [4.69, 9.17) is 13.9 Å². The Labute approximate surface area is 176 Å². The van der Waals surface area contributed by atoms with E-state index >= 15 is 0 Å². The molecule has 0 fully saturated rings. The molecule has 0 spiro atoms. The van der Waals surface area contributed by atoms with E-state index in [0.717, 1.165) is 29.4 Å². The summed E-state index contributed by atoms with van der Waals surface area (Å²) in [5.74, 6) is 2.45. The Morgan fingerprint density at radius 3 is 2.50 bits per heavy atom. The van der Waals surface area contributed by atoms with Crippen molar-refractivity contribution in [3.05, 3.63) is 83.3 Å². The third-order valence-corrected chi connectivity index (χ3v) is 4.78. The maximum atomic E-state index is 12.2. The number of benzene rings is 2. The molecule has 0 radical (unpaired) electrons. The van der Waals surface area contributed by atoms with Crippen molar-refractivity contribution < 1.29 is 18.7 Å². The number of hydrogen-bond donors (Lipinski definition) is 1. The van der Waals surface area contributed by atoms with Gasteiger partial charge < -0.3 is 19.2 Å². The molecule has 6 heteroatoms. The number of rotatable bonds is 8. The molecular formula is C24H26N2O4. The van der Waals surface area contributed by atoms with Crippen LogP contribution in [0.5, 0.6) is 11.5 Å². The second kappa shape index (κ2) is 9.05. The second-order valence-corrected chi connectivity index (χ2v) is 7.71. The summed E-state index contributed by atoms with van der Waals surface area (Å²) in [6.07, 6.45) is 0. The Hall–Kier alpha value is -3.25. The van der Waals surface area contributed by atoms with E-state index in [-0.39, 0.29) is 18.7 Å². The van der Waals surface area contributed by atoms with Gasteiger partial charge >= 0.3 is 0 Å². The van der Waals surface area contributed by atoms with Gasteiger partial charge in [0.25, 0.3) is 5.91 Å². The summed E-state index contributed by atoms with van der Waals surface area (Å²) < 4.78 is 16.8. The molecule has 1 aromatic heterocycles. The van der Waals surface area contributed by atoms with Crippen LogP contribution in [-0.4, -0.2) is 23.6 Å². The zero-order valence-electron chi connectivity index (χ0n) is 17.3. The van der Waals surface area contributed by atoms with Gasteiger partial charge in [0.1, 0.15) is 5.76 Å². The molecule has 156 valence electrons. The SMILES string of the molecule is CC(C)NC(=O)c1ccc(CN(Cc2ccccc2)Cc2ccc3c(c2)OCO3)o1. The predicted molar refractivity (Wildman–Crippen MR) is 113 cm³/mol. The first-order valence-corrected chi connectivity index (χ1v) is 10.1. The fourth-order valence-corrected chi connectivity index (χ4v) is 3.45. The minimum Gasteiger partial charge on any atom is -0.455 e. The van der Waals surface area contributed by atoms with Gasteiger partial charge in [-0.2, -0.15) is 0 Å². The molecule has 1 N–H and O–H groups in total. The highest BCUT2D eigenvalue weighted by atomic mass is 16.7. The molecule has 3 aromatic rings. The van der Waals surface area contributed by atoms with Gasteiger partial charge in [-0.15, -0.1) is 0 Å². The molecule has 0 atom stereocenters. The Morgan fingerprint density at radius 2 is 1.70 bits per heavy atom. The molecular weight excluding hydrogens is 380 g/mol. The summed E-state index contributed by atoms with van der Waals surface area (Å²) >= 11 is 0. The topological polar surface area (TPSA) is 63.9 Å². The number of carbonyl (C=O) groups is 1. The average Bonchev–Trinajstić information content (AvgIpc) is 3.37. The summed E-state index contributed by atoms with van der Waals surface area (Å²) in [5, 5.41) is 2.86. The number of ether oxygens (including phenoxy) is 2. The van der Waals surface area contributed by atoms with Crippen LogP contribution in [0.15, 0.2) is 65.1 Å². The van der Waals surface area contributed by atoms with E-state index < -0.39 is 0 Å². The molecule has 0 unspecified atom stereocenters. The number of fused-ring (bicyclic) bond motifs is 1. The quantitative estimate of drug-likeness (QED) is 0.603. The summed E-state index contributed by atoms with van der Waals surface area (Å²) in [6, 6.07) is 20.0. The fourth-order valence-electron chi connectivity index (χ4n) is 3.45. The zero-order chi connectivity index (χ0) is 20.9. The highest BCUT2D eigenvalue weighted by Crippen LogP contribution is 2.33. The van der Waals surface area contributed by atoms with Gasteiger partial charge in [-0.1, -0.05) is 36.4 Å². The molecule has 0 saturated carbocycles. The van der Waals surface area contributed by atoms with Gasteiger partial charge in [0, 0.05) is 19.1 Å². The third-order valence-electron chi connectivity index (χ3n) is 4.78. The molecule has 1 aliphatic rings. The van der Waals surface area contributed by atoms with Gasteiger partial charge in [0.15, 0.2) is 17.3 Å².